The minimum atomic E-state index is -0.560. The Morgan fingerprint density at radius 1 is 1.30 bits per heavy atom. The summed E-state index contributed by atoms with van der Waals surface area (Å²) in [7, 11) is 0. The van der Waals surface area contributed by atoms with Crippen molar-refractivity contribution in [2.75, 3.05) is 6.61 Å². The van der Waals surface area contributed by atoms with Gasteiger partial charge in [0, 0.05) is 12.1 Å². The van der Waals surface area contributed by atoms with Crippen LogP contribution in [0, 0.1) is 0 Å². The highest BCUT2D eigenvalue weighted by Crippen LogP contribution is 2.23. The van der Waals surface area contributed by atoms with Crippen LogP contribution in [-0.2, 0) is 9.53 Å². The van der Waals surface area contributed by atoms with Crippen molar-refractivity contribution in [3.05, 3.63) is 30.2 Å². The second-order valence-corrected chi connectivity index (χ2v) is 6.01. The predicted octanol–water partition coefficient (Wildman–Crippen LogP) is 2.77. The van der Waals surface area contributed by atoms with Gasteiger partial charge < -0.3 is 14.1 Å². The van der Waals surface area contributed by atoms with Crippen LogP contribution in [0.1, 0.15) is 43.5 Å². The van der Waals surface area contributed by atoms with Crippen LogP contribution in [-0.4, -0.2) is 40.5 Å². The van der Waals surface area contributed by atoms with E-state index in [9.17, 15) is 9.59 Å². The van der Waals surface area contributed by atoms with E-state index in [1.165, 1.54) is 6.39 Å². The summed E-state index contributed by atoms with van der Waals surface area (Å²) in [4.78, 5) is 30.5. The van der Waals surface area contributed by atoms with Crippen LogP contribution in [0.2, 0.25) is 0 Å². The molecular formula is C17H20N2O4. The first-order valence-corrected chi connectivity index (χ1v) is 7.88. The smallest absolute Gasteiger partial charge is 0.340 e. The van der Waals surface area contributed by atoms with Gasteiger partial charge in [-0.3, -0.25) is 4.79 Å². The van der Waals surface area contributed by atoms with Crippen LogP contribution in [0.3, 0.4) is 0 Å². The zero-order valence-electron chi connectivity index (χ0n) is 13.3. The maximum absolute atomic E-state index is 12.4. The van der Waals surface area contributed by atoms with Gasteiger partial charge in [0.25, 0.3) is 5.91 Å². The van der Waals surface area contributed by atoms with E-state index >= 15 is 0 Å². The van der Waals surface area contributed by atoms with Gasteiger partial charge in [-0.2, -0.15) is 0 Å². The number of carbonyl (C=O) groups is 2. The first-order valence-electron chi connectivity index (χ1n) is 7.88. The molecule has 1 amide bonds. The monoisotopic (exact) mass is 316 g/mol. The topological polar surface area (TPSA) is 72.6 Å². The first-order chi connectivity index (χ1) is 11.1. The van der Waals surface area contributed by atoms with Crippen molar-refractivity contribution in [1.82, 2.24) is 9.88 Å². The average molecular weight is 316 g/mol. The van der Waals surface area contributed by atoms with Gasteiger partial charge in [0.15, 0.2) is 18.6 Å². The number of para-hydroxylation sites is 1. The molecule has 0 N–H and O–H groups in total. The number of esters is 1. The lowest BCUT2D eigenvalue weighted by Gasteiger charge is -2.38. The highest BCUT2D eigenvalue weighted by molar-refractivity contribution is 6.01. The summed E-state index contributed by atoms with van der Waals surface area (Å²) in [5.74, 6) is -0.708. The number of fused-ring (bicyclic) bond motifs is 1. The van der Waals surface area contributed by atoms with E-state index in [1.54, 1.807) is 18.2 Å². The molecule has 0 unspecified atom stereocenters. The molecule has 23 heavy (non-hydrogen) atoms. The number of likely N-dealkylation sites (tertiary alicyclic amines) is 1. The van der Waals surface area contributed by atoms with Gasteiger partial charge in [0.2, 0.25) is 0 Å². The van der Waals surface area contributed by atoms with E-state index in [0.717, 1.165) is 19.3 Å². The summed E-state index contributed by atoms with van der Waals surface area (Å²) in [5, 5.41) is 0. The molecule has 6 heteroatoms. The normalized spacial score (nSPS) is 21.4. The molecule has 1 fully saturated rings. The van der Waals surface area contributed by atoms with E-state index < -0.39 is 5.97 Å². The van der Waals surface area contributed by atoms with E-state index in [2.05, 4.69) is 4.98 Å². The molecule has 2 aromatic rings. The van der Waals surface area contributed by atoms with E-state index in [0.29, 0.717) is 16.7 Å². The van der Waals surface area contributed by atoms with Crippen molar-refractivity contribution in [3.8, 4) is 0 Å². The number of hydrogen-bond donors (Lipinski definition) is 0. The van der Waals surface area contributed by atoms with Gasteiger partial charge in [0.1, 0.15) is 5.52 Å². The Morgan fingerprint density at radius 2 is 2.04 bits per heavy atom. The van der Waals surface area contributed by atoms with E-state index in [1.807, 2.05) is 18.7 Å². The Bertz CT molecular complexity index is 714. The highest BCUT2D eigenvalue weighted by Gasteiger charge is 2.29. The molecule has 2 heterocycles. The summed E-state index contributed by atoms with van der Waals surface area (Å²) >= 11 is 0. The molecule has 1 aromatic carbocycles. The third-order valence-electron chi connectivity index (χ3n) is 4.39. The summed E-state index contributed by atoms with van der Waals surface area (Å²) in [6.45, 7) is 3.82. The van der Waals surface area contributed by atoms with Crippen molar-refractivity contribution >= 4 is 23.0 Å². The first kappa shape index (κ1) is 15.5. The number of benzene rings is 1. The molecular weight excluding hydrogens is 296 g/mol. The molecule has 0 saturated carbocycles. The van der Waals surface area contributed by atoms with Crippen LogP contribution in [0.25, 0.3) is 11.1 Å². The Labute approximate surface area is 134 Å². The Morgan fingerprint density at radius 3 is 2.78 bits per heavy atom. The van der Waals surface area contributed by atoms with Crippen molar-refractivity contribution in [1.29, 1.82) is 0 Å². The van der Waals surface area contributed by atoms with E-state index in [4.69, 9.17) is 9.15 Å². The molecule has 1 aliphatic heterocycles. The average Bonchev–Trinajstić information content (AvgIpc) is 3.00. The second-order valence-electron chi connectivity index (χ2n) is 6.01. The van der Waals surface area contributed by atoms with Crippen molar-refractivity contribution < 1.29 is 18.7 Å². The number of amides is 1. The lowest BCUT2D eigenvalue weighted by Crippen LogP contribution is -2.49. The van der Waals surface area contributed by atoms with Crippen LogP contribution < -0.4 is 0 Å². The van der Waals surface area contributed by atoms with E-state index in [-0.39, 0.29) is 24.6 Å². The summed E-state index contributed by atoms with van der Waals surface area (Å²) < 4.78 is 10.4. The maximum Gasteiger partial charge on any atom is 0.340 e. The van der Waals surface area contributed by atoms with Gasteiger partial charge in [-0.1, -0.05) is 6.07 Å². The quantitative estimate of drug-likeness (QED) is 0.814. The van der Waals surface area contributed by atoms with Crippen molar-refractivity contribution in [2.24, 2.45) is 0 Å². The van der Waals surface area contributed by atoms with Crippen LogP contribution in [0.5, 0.6) is 0 Å². The standard InChI is InChI=1S/C17H20N2O4/c1-11-5-3-6-12(2)19(11)15(20)9-22-17(21)13-7-4-8-14-16(13)18-10-23-14/h4,7-8,10-12H,3,5-6,9H2,1-2H3/t11-,12-/m1/s1. The molecule has 1 aliphatic rings. The fourth-order valence-corrected chi connectivity index (χ4v) is 3.24. The second kappa shape index (κ2) is 6.40. The number of piperidine rings is 1. The third-order valence-corrected chi connectivity index (χ3v) is 4.39. The minimum Gasteiger partial charge on any atom is -0.452 e. The summed E-state index contributed by atoms with van der Waals surface area (Å²) in [6.07, 6.45) is 4.38. The maximum atomic E-state index is 12.4. The number of hydrogen-bond acceptors (Lipinski definition) is 5. The van der Waals surface area contributed by atoms with Gasteiger partial charge in [0.05, 0.1) is 5.56 Å². The van der Waals surface area contributed by atoms with Crippen molar-refractivity contribution in [3.63, 3.8) is 0 Å². The molecule has 3 rings (SSSR count). The highest BCUT2D eigenvalue weighted by atomic mass is 16.5. The van der Waals surface area contributed by atoms with Crippen LogP contribution in [0.4, 0.5) is 0 Å². The minimum absolute atomic E-state index is 0.148. The lowest BCUT2D eigenvalue weighted by molar-refractivity contribution is -0.140. The zero-order chi connectivity index (χ0) is 16.4. The Hall–Kier alpha value is -2.37. The Balaban J connectivity index is 1.67. The number of oxazole rings is 1. The molecule has 0 radical (unpaired) electrons. The fraction of sp³-hybridized carbons (Fsp3) is 0.471. The molecule has 0 spiro atoms. The molecule has 122 valence electrons. The zero-order valence-corrected chi connectivity index (χ0v) is 13.3. The number of nitrogens with zero attached hydrogens (tertiary/aromatic N) is 2. The number of ether oxygens (including phenoxy) is 1. The lowest BCUT2D eigenvalue weighted by atomic mass is 9.97. The van der Waals surface area contributed by atoms with Crippen LogP contribution in [0.15, 0.2) is 29.0 Å². The SMILES string of the molecule is C[C@@H]1CCC[C@@H](C)N1C(=O)COC(=O)c1cccc2ocnc12. The molecule has 0 aliphatic carbocycles. The third kappa shape index (κ3) is 3.06. The summed E-state index contributed by atoms with van der Waals surface area (Å²) in [5.41, 5.74) is 1.28. The number of carbonyl (C=O) groups excluding carboxylic acids is 2. The largest absolute Gasteiger partial charge is 0.452 e. The fourth-order valence-electron chi connectivity index (χ4n) is 3.24. The molecule has 6 nitrogen and oxygen atoms in total. The van der Waals surface area contributed by atoms with Gasteiger partial charge >= 0.3 is 5.97 Å². The molecule has 2 atom stereocenters. The molecule has 0 bridgehead atoms. The number of rotatable bonds is 3. The van der Waals surface area contributed by atoms with Crippen LogP contribution >= 0.6 is 0 Å². The predicted molar refractivity (Wildman–Crippen MR) is 83.9 cm³/mol. The molecule has 1 aromatic heterocycles. The number of aromatic nitrogens is 1. The van der Waals surface area contributed by atoms with Gasteiger partial charge in [-0.05, 0) is 45.2 Å². The Kier molecular flexibility index (Phi) is 4.32. The van der Waals surface area contributed by atoms with Gasteiger partial charge in [-0.15, -0.1) is 0 Å². The molecule has 1 saturated heterocycles. The summed E-state index contributed by atoms with van der Waals surface area (Å²) in [6, 6.07) is 5.40. The van der Waals surface area contributed by atoms with Crippen molar-refractivity contribution in [2.45, 2.75) is 45.2 Å². The van der Waals surface area contributed by atoms with Gasteiger partial charge in [-0.25, -0.2) is 9.78 Å².